The smallest absolute Gasteiger partial charge is 0.189 e. The predicted molar refractivity (Wildman–Crippen MR) is 69.0 cm³/mol. The summed E-state index contributed by atoms with van der Waals surface area (Å²) in [4.78, 5) is 8.47. The van der Waals surface area contributed by atoms with E-state index < -0.39 is 0 Å². The molecule has 2 nitrogen and oxygen atoms in total. The van der Waals surface area contributed by atoms with E-state index in [0.29, 0.717) is 15.3 Å². The highest BCUT2D eigenvalue weighted by Crippen LogP contribution is 2.31. The van der Waals surface area contributed by atoms with E-state index in [-0.39, 0.29) is 0 Å². The van der Waals surface area contributed by atoms with E-state index >= 15 is 0 Å². The summed E-state index contributed by atoms with van der Waals surface area (Å²) in [5.74, 6) is 0. The molecule has 6 heteroatoms. The molecule has 0 saturated carbocycles. The molecule has 0 aliphatic rings. The fourth-order valence-corrected chi connectivity index (χ4v) is 2.31. The molecule has 0 N–H and O–H groups in total. The van der Waals surface area contributed by atoms with Gasteiger partial charge in [0.25, 0.3) is 0 Å². The molecule has 0 bridgehead atoms. The van der Waals surface area contributed by atoms with Crippen LogP contribution in [0.5, 0.6) is 0 Å². The molecule has 2 rings (SSSR count). The first kappa shape index (κ1) is 11.5. The maximum atomic E-state index is 6.03. The second kappa shape index (κ2) is 4.45. The number of thioether (sulfide) groups is 1. The Balaban J connectivity index is 2.80. The molecule has 0 unspecified atom stereocenters. The van der Waals surface area contributed by atoms with Gasteiger partial charge in [-0.1, -0.05) is 35.0 Å². The Morgan fingerprint density at radius 2 is 2.00 bits per heavy atom. The lowest BCUT2D eigenvalue weighted by atomic mass is 10.2. The van der Waals surface area contributed by atoms with Crippen LogP contribution in [0.15, 0.2) is 21.8 Å². The SMILES string of the molecule is CSc1nc(Cl)c2cc(Cl)c(Br)cc2n1. The first-order valence-corrected chi connectivity index (χ1v) is 6.75. The maximum absolute atomic E-state index is 6.03. The van der Waals surface area contributed by atoms with Crippen LogP contribution in [0.25, 0.3) is 10.9 Å². The Morgan fingerprint density at radius 1 is 1.27 bits per heavy atom. The lowest BCUT2D eigenvalue weighted by Gasteiger charge is -2.04. The molecule has 2 aromatic rings. The van der Waals surface area contributed by atoms with Gasteiger partial charge in [0.05, 0.1) is 10.5 Å². The molecule has 15 heavy (non-hydrogen) atoms. The van der Waals surface area contributed by atoms with Gasteiger partial charge < -0.3 is 0 Å². The number of nitrogens with zero attached hydrogens (tertiary/aromatic N) is 2. The van der Waals surface area contributed by atoms with E-state index in [4.69, 9.17) is 23.2 Å². The molecule has 0 spiro atoms. The molecule has 0 atom stereocenters. The van der Waals surface area contributed by atoms with E-state index in [2.05, 4.69) is 25.9 Å². The number of aromatic nitrogens is 2. The number of hydrogen-bond donors (Lipinski definition) is 0. The van der Waals surface area contributed by atoms with Crippen molar-refractivity contribution in [3.8, 4) is 0 Å². The van der Waals surface area contributed by atoms with Crippen molar-refractivity contribution in [2.75, 3.05) is 6.26 Å². The third-order valence-corrected chi connectivity index (χ3v) is 3.89. The van der Waals surface area contributed by atoms with Crippen LogP contribution in [0.2, 0.25) is 10.2 Å². The van der Waals surface area contributed by atoms with Crippen molar-refractivity contribution < 1.29 is 0 Å². The van der Waals surface area contributed by atoms with Gasteiger partial charge in [0.1, 0.15) is 5.15 Å². The summed E-state index contributed by atoms with van der Waals surface area (Å²) in [5, 5.41) is 2.45. The number of rotatable bonds is 1. The van der Waals surface area contributed by atoms with Crippen LogP contribution in [0.3, 0.4) is 0 Å². The molecule has 78 valence electrons. The molecular weight excluding hydrogens is 319 g/mol. The van der Waals surface area contributed by atoms with Gasteiger partial charge in [0.2, 0.25) is 0 Å². The Labute approximate surface area is 110 Å². The van der Waals surface area contributed by atoms with Crippen molar-refractivity contribution in [3.63, 3.8) is 0 Å². The minimum Gasteiger partial charge on any atom is -0.222 e. The minimum atomic E-state index is 0.429. The van der Waals surface area contributed by atoms with E-state index in [1.165, 1.54) is 11.8 Å². The normalized spacial score (nSPS) is 10.9. The van der Waals surface area contributed by atoms with Gasteiger partial charge in [0.15, 0.2) is 5.16 Å². The highest BCUT2D eigenvalue weighted by atomic mass is 79.9. The molecule has 1 aromatic heterocycles. The number of halogens is 3. The summed E-state index contributed by atoms with van der Waals surface area (Å²) in [5.41, 5.74) is 0.788. The molecule has 0 amide bonds. The molecule has 1 aromatic carbocycles. The molecule has 0 aliphatic heterocycles. The third kappa shape index (κ3) is 2.23. The Hall–Kier alpha value is -0.0300. The summed E-state index contributed by atoms with van der Waals surface area (Å²) in [7, 11) is 0. The Morgan fingerprint density at radius 3 is 2.67 bits per heavy atom. The summed E-state index contributed by atoms with van der Waals surface area (Å²) in [6.07, 6.45) is 1.91. The van der Waals surface area contributed by atoms with Gasteiger partial charge in [-0.25, -0.2) is 9.97 Å². The average Bonchev–Trinajstić information content (AvgIpc) is 2.21. The van der Waals surface area contributed by atoms with Gasteiger partial charge in [-0.2, -0.15) is 0 Å². The Kier molecular flexibility index (Phi) is 3.40. The fraction of sp³-hybridized carbons (Fsp3) is 0.111. The van der Waals surface area contributed by atoms with Crippen molar-refractivity contribution in [3.05, 3.63) is 26.8 Å². The summed E-state index contributed by atoms with van der Waals surface area (Å²) >= 11 is 16.8. The summed E-state index contributed by atoms with van der Waals surface area (Å²) < 4.78 is 0.804. The van der Waals surface area contributed by atoms with Crippen LogP contribution in [0.4, 0.5) is 0 Å². The first-order valence-electron chi connectivity index (χ1n) is 3.98. The zero-order valence-corrected chi connectivity index (χ0v) is 11.5. The van der Waals surface area contributed by atoms with Crippen molar-refractivity contribution in [1.29, 1.82) is 0 Å². The van der Waals surface area contributed by atoms with E-state index in [9.17, 15) is 0 Å². The fourth-order valence-electron chi connectivity index (χ4n) is 1.16. The van der Waals surface area contributed by atoms with E-state index in [0.717, 1.165) is 15.4 Å². The van der Waals surface area contributed by atoms with Crippen molar-refractivity contribution in [2.24, 2.45) is 0 Å². The highest BCUT2D eigenvalue weighted by Gasteiger charge is 2.08. The van der Waals surface area contributed by atoms with Crippen LogP contribution in [0.1, 0.15) is 0 Å². The van der Waals surface area contributed by atoms with Gasteiger partial charge in [-0.05, 0) is 34.3 Å². The second-order valence-corrected chi connectivity index (χ2v) is 5.18. The molecule has 0 radical (unpaired) electrons. The molecule has 0 aliphatic carbocycles. The molecular formula is C9H5BrCl2N2S. The molecule has 0 fully saturated rings. The van der Waals surface area contributed by atoms with Gasteiger partial charge in [-0.3, -0.25) is 0 Å². The maximum Gasteiger partial charge on any atom is 0.189 e. The van der Waals surface area contributed by atoms with Gasteiger partial charge in [0, 0.05) is 9.86 Å². The monoisotopic (exact) mass is 322 g/mol. The molecule has 0 saturated heterocycles. The average molecular weight is 324 g/mol. The van der Waals surface area contributed by atoms with Crippen molar-refractivity contribution in [2.45, 2.75) is 5.16 Å². The first-order chi connectivity index (χ1) is 7.11. The number of hydrogen-bond acceptors (Lipinski definition) is 3. The Bertz CT molecular complexity index is 533. The largest absolute Gasteiger partial charge is 0.222 e. The number of fused-ring (bicyclic) bond motifs is 1. The second-order valence-electron chi connectivity index (χ2n) is 2.78. The summed E-state index contributed by atoms with van der Waals surface area (Å²) in [6.45, 7) is 0. The molecule has 1 heterocycles. The lowest BCUT2D eigenvalue weighted by Crippen LogP contribution is -1.89. The van der Waals surface area contributed by atoms with Gasteiger partial charge >= 0.3 is 0 Å². The van der Waals surface area contributed by atoms with Crippen LogP contribution >= 0.6 is 50.9 Å². The number of benzene rings is 1. The minimum absolute atomic E-state index is 0.429. The zero-order valence-electron chi connectivity index (χ0n) is 7.59. The van der Waals surface area contributed by atoms with Crippen molar-refractivity contribution >= 4 is 61.8 Å². The zero-order chi connectivity index (χ0) is 11.0. The summed E-state index contributed by atoms with van der Waals surface area (Å²) in [6, 6.07) is 3.60. The lowest BCUT2D eigenvalue weighted by molar-refractivity contribution is 1.01. The third-order valence-electron chi connectivity index (χ3n) is 1.85. The predicted octanol–water partition coefficient (Wildman–Crippen LogP) is 4.42. The van der Waals surface area contributed by atoms with Crippen LogP contribution in [-0.2, 0) is 0 Å². The standard InChI is InChI=1S/C9H5BrCl2N2S/c1-15-9-13-7-3-5(10)6(11)2-4(7)8(12)14-9/h2-3H,1H3. The van der Waals surface area contributed by atoms with Crippen LogP contribution in [0, 0.1) is 0 Å². The van der Waals surface area contributed by atoms with E-state index in [1.54, 1.807) is 6.07 Å². The highest BCUT2D eigenvalue weighted by molar-refractivity contribution is 9.10. The topological polar surface area (TPSA) is 25.8 Å². The van der Waals surface area contributed by atoms with Crippen LogP contribution in [-0.4, -0.2) is 16.2 Å². The van der Waals surface area contributed by atoms with E-state index in [1.807, 2.05) is 12.3 Å². The quantitative estimate of drug-likeness (QED) is 0.441. The van der Waals surface area contributed by atoms with Crippen LogP contribution < -0.4 is 0 Å². The van der Waals surface area contributed by atoms with Crippen molar-refractivity contribution in [1.82, 2.24) is 9.97 Å². The van der Waals surface area contributed by atoms with Gasteiger partial charge in [-0.15, -0.1) is 0 Å².